The monoisotopic (exact) mass is 473 g/mol. The first kappa shape index (κ1) is 25.2. The number of nitrogens with zero attached hydrogens (tertiary/aromatic N) is 2. The SMILES string of the molecule is CCN(CC)S(=O)(=O)c1ccc(CCC(=O)Nc2ccc(N3CC(C)OC(C)C3)cc2)cc1. The molecule has 180 valence electrons. The van der Waals surface area contributed by atoms with Gasteiger partial charge in [0.05, 0.1) is 17.1 Å². The summed E-state index contributed by atoms with van der Waals surface area (Å²) >= 11 is 0. The smallest absolute Gasteiger partial charge is 0.243 e. The molecular weight excluding hydrogens is 438 g/mol. The van der Waals surface area contributed by atoms with Crippen LogP contribution in [0.1, 0.15) is 39.7 Å². The molecule has 33 heavy (non-hydrogen) atoms. The molecule has 0 spiro atoms. The van der Waals surface area contributed by atoms with E-state index in [9.17, 15) is 13.2 Å². The maximum atomic E-state index is 12.6. The van der Waals surface area contributed by atoms with Crippen LogP contribution in [0.15, 0.2) is 53.4 Å². The fourth-order valence-electron chi connectivity index (χ4n) is 4.17. The predicted molar refractivity (Wildman–Crippen MR) is 132 cm³/mol. The van der Waals surface area contributed by atoms with Gasteiger partial charge in [-0.3, -0.25) is 4.79 Å². The van der Waals surface area contributed by atoms with E-state index >= 15 is 0 Å². The number of amides is 1. The van der Waals surface area contributed by atoms with Gasteiger partial charge in [0, 0.05) is 44.0 Å². The van der Waals surface area contributed by atoms with Gasteiger partial charge in [-0.25, -0.2) is 8.42 Å². The molecule has 2 unspecified atom stereocenters. The number of aryl methyl sites for hydroxylation is 1. The first-order chi connectivity index (χ1) is 15.7. The molecule has 1 aliphatic rings. The minimum absolute atomic E-state index is 0.0730. The standard InChI is InChI=1S/C25H35N3O4S/c1-5-28(6-2)33(30,31)24-14-7-21(8-15-24)9-16-25(29)26-22-10-12-23(13-11-22)27-17-19(3)32-20(4)18-27/h7-8,10-15,19-20H,5-6,9,16-18H2,1-4H3,(H,26,29). The molecule has 8 heteroatoms. The average molecular weight is 474 g/mol. The molecule has 1 aliphatic heterocycles. The summed E-state index contributed by atoms with van der Waals surface area (Å²) in [5, 5.41) is 2.94. The summed E-state index contributed by atoms with van der Waals surface area (Å²) in [5.41, 5.74) is 2.81. The van der Waals surface area contributed by atoms with Gasteiger partial charge < -0.3 is 15.0 Å². The third kappa shape index (κ3) is 6.56. The molecule has 0 saturated carbocycles. The van der Waals surface area contributed by atoms with E-state index in [1.807, 2.05) is 38.1 Å². The summed E-state index contributed by atoms with van der Waals surface area (Å²) < 4.78 is 32.4. The van der Waals surface area contributed by atoms with Crippen molar-refractivity contribution in [2.75, 3.05) is 36.4 Å². The van der Waals surface area contributed by atoms with Crippen LogP contribution >= 0.6 is 0 Å². The number of ether oxygens (including phenoxy) is 1. The summed E-state index contributed by atoms with van der Waals surface area (Å²) in [5.74, 6) is -0.0730. The molecule has 0 aliphatic carbocycles. The molecule has 2 aromatic rings. The van der Waals surface area contributed by atoms with Crippen LogP contribution in [0, 0.1) is 0 Å². The molecule has 1 amide bonds. The van der Waals surface area contributed by atoms with E-state index < -0.39 is 10.0 Å². The number of hydrogen-bond donors (Lipinski definition) is 1. The summed E-state index contributed by atoms with van der Waals surface area (Å²) in [6.07, 6.45) is 1.25. The minimum Gasteiger partial charge on any atom is -0.372 e. The van der Waals surface area contributed by atoms with Crippen LogP contribution in [-0.2, 0) is 26.0 Å². The second-order valence-corrected chi connectivity index (χ2v) is 10.4. The van der Waals surface area contributed by atoms with E-state index in [2.05, 4.69) is 24.1 Å². The number of nitrogens with one attached hydrogen (secondary N) is 1. The molecule has 7 nitrogen and oxygen atoms in total. The Bertz CT molecular complexity index is 1010. The van der Waals surface area contributed by atoms with Crippen molar-refractivity contribution >= 4 is 27.3 Å². The Labute approximate surface area is 197 Å². The van der Waals surface area contributed by atoms with E-state index in [4.69, 9.17) is 4.74 Å². The first-order valence-corrected chi connectivity index (χ1v) is 13.1. The number of morpholine rings is 1. The van der Waals surface area contributed by atoms with Gasteiger partial charge in [0.25, 0.3) is 0 Å². The van der Waals surface area contributed by atoms with Crippen LogP contribution in [-0.4, -0.2) is 57.0 Å². The van der Waals surface area contributed by atoms with Crippen molar-refractivity contribution in [1.82, 2.24) is 4.31 Å². The minimum atomic E-state index is -3.46. The zero-order chi connectivity index (χ0) is 24.0. The van der Waals surface area contributed by atoms with Crippen molar-refractivity contribution in [1.29, 1.82) is 0 Å². The Balaban J connectivity index is 1.52. The van der Waals surface area contributed by atoms with E-state index in [1.54, 1.807) is 24.3 Å². The molecule has 0 bridgehead atoms. The van der Waals surface area contributed by atoms with Crippen molar-refractivity contribution in [3.63, 3.8) is 0 Å². The second kappa shape index (κ2) is 11.1. The summed E-state index contributed by atoms with van der Waals surface area (Å²) in [6, 6.07) is 14.7. The number of benzene rings is 2. The Morgan fingerprint density at radius 1 is 1.00 bits per heavy atom. The van der Waals surface area contributed by atoms with Crippen LogP contribution in [0.25, 0.3) is 0 Å². The Morgan fingerprint density at radius 3 is 2.12 bits per heavy atom. The topological polar surface area (TPSA) is 79.0 Å². The van der Waals surface area contributed by atoms with Gasteiger partial charge in [-0.2, -0.15) is 4.31 Å². The van der Waals surface area contributed by atoms with Crippen molar-refractivity contribution < 1.29 is 17.9 Å². The molecule has 1 fully saturated rings. The first-order valence-electron chi connectivity index (χ1n) is 11.6. The molecule has 2 aromatic carbocycles. The van der Waals surface area contributed by atoms with Gasteiger partial charge in [-0.1, -0.05) is 26.0 Å². The number of rotatable bonds is 9. The van der Waals surface area contributed by atoms with E-state index in [-0.39, 0.29) is 23.0 Å². The van der Waals surface area contributed by atoms with Crippen LogP contribution in [0.2, 0.25) is 0 Å². The fourth-order valence-corrected chi connectivity index (χ4v) is 5.62. The number of sulfonamides is 1. The van der Waals surface area contributed by atoms with Crippen LogP contribution < -0.4 is 10.2 Å². The van der Waals surface area contributed by atoms with E-state index in [1.165, 1.54) is 4.31 Å². The highest BCUT2D eigenvalue weighted by Gasteiger charge is 2.23. The van der Waals surface area contributed by atoms with Crippen LogP contribution in [0.4, 0.5) is 11.4 Å². The van der Waals surface area contributed by atoms with E-state index in [0.717, 1.165) is 30.0 Å². The van der Waals surface area contributed by atoms with Gasteiger partial charge >= 0.3 is 0 Å². The predicted octanol–water partition coefficient (Wildman–Crippen LogP) is 3.90. The maximum Gasteiger partial charge on any atom is 0.243 e. The highest BCUT2D eigenvalue weighted by atomic mass is 32.2. The van der Waals surface area contributed by atoms with Crippen molar-refractivity contribution in [2.24, 2.45) is 0 Å². The lowest BCUT2D eigenvalue weighted by atomic mass is 10.1. The molecule has 2 atom stereocenters. The Morgan fingerprint density at radius 2 is 1.58 bits per heavy atom. The van der Waals surface area contributed by atoms with Crippen molar-refractivity contribution in [3.05, 3.63) is 54.1 Å². The van der Waals surface area contributed by atoms with Crippen LogP contribution in [0.3, 0.4) is 0 Å². The maximum absolute atomic E-state index is 12.6. The molecule has 0 aromatic heterocycles. The average Bonchev–Trinajstić information content (AvgIpc) is 2.78. The summed E-state index contributed by atoms with van der Waals surface area (Å²) in [6.45, 7) is 10.4. The molecule has 1 N–H and O–H groups in total. The molecule has 0 radical (unpaired) electrons. The lowest BCUT2D eigenvalue weighted by molar-refractivity contribution is -0.116. The number of carbonyl (C=O) groups is 1. The second-order valence-electron chi connectivity index (χ2n) is 8.49. The Kier molecular flexibility index (Phi) is 8.51. The summed E-state index contributed by atoms with van der Waals surface area (Å²) in [4.78, 5) is 15.0. The van der Waals surface area contributed by atoms with Gasteiger partial charge in [0.1, 0.15) is 0 Å². The zero-order valence-corrected chi connectivity index (χ0v) is 20.8. The third-order valence-electron chi connectivity index (χ3n) is 5.84. The Hall–Kier alpha value is -2.42. The highest BCUT2D eigenvalue weighted by Crippen LogP contribution is 2.23. The fraction of sp³-hybridized carbons (Fsp3) is 0.480. The quantitative estimate of drug-likeness (QED) is 0.598. The lowest BCUT2D eigenvalue weighted by Gasteiger charge is -2.36. The van der Waals surface area contributed by atoms with Crippen molar-refractivity contribution in [3.8, 4) is 0 Å². The molecule has 1 heterocycles. The molecular formula is C25H35N3O4S. The number of hydrogen-bond acceptors (Lipinski definition) is 5. The molecule has 1 saturated heterocycles. The zero-order valence-electron chi connectivity index (χ0n) is 20.0. The summed E-state index contributed by atoms with van der Waals surface area (Å²) in [7, 11) is -3.46. The lowest BCUT2D eigenvalue weighted by Crippen LogP contribution is -2.45. The van der Waals surface area contributed by atoms with E-state index in [0.29, 0.717) is 25.9 Å². The largest absolute Gasteiger partial charge is 0.372 e. The van der Waals surface area contributed by atoms with Gasteiger partial charge in [-0.15, -0.1) is 0 Å². The van der Waals surface area contributed by atoms with Gasteiger partial charge in [0.2, 0.25) is 15.9 Å². The third-order valence-corrected chi connectivity index (χ3v) is 7.91. The highest BCUT2D eigenvalue weighted by molar-refractivity contribution is 7.89. The molecule has 3 rings (SSSR count). The normalized spacial score (nSPS) is 19.0. The number of anilines is 2. The van der Waals surface area contributed by atoms with Gasteiger partial charge in [-0.05, 0) is 62.2 Å². The number of carbonyl (C=O) groups excluding carboxylic acids is 1. The van der Waals surface area contributed by atoms with Gasteiger partial charge in [0.15, 0.2) is 0 Å². The van der Waals surface area contributed by atoms with Crippen molar-refractivity contribution in [2.45, 2.75) is 57.6 Å². The van der Waals surface area contributed by atoms with Crippen LogP contribution in [0.5, 0.6) is 0 Å².